The highest BCUT2D eigenvalue weighted by molar-refractivity contribution is 7.92. The number of hydrogen-bond acceptors (Lipinski definition) is 4. The van der Waals surface area contributed by atoms with E-state index >= 15 is 0 Å². The quantitative estimate of drug-likeness (QED) is 0.861. The molecule has 1 N–H and O–H groups in total. The van der Waals surface area contributed by atoms with E-state index in [0.29, 0.717) is 13.1 Å². The molecule has 0 spiro atoms. The highest BCUT2D eigenvalue weighted by atomic mass is 32.2. The van der Waals surface area contributed by atoms with Crippen molar-refractivity contribution < 1.29 is 22.0 Å². The molecule has 1 aliphatic heterocycles. The van der Waals surface area contributed by atoms with Crippen molar-refractivity contribution in [3.05, 3.63) is 59.7 Å². The van der Waals surface area contributed by atoms with E-state index in [1.165, 1.54) is 18.2 Å². The highest BCUT2D eigenvalue weighted by Gasteiger charge is 2.22. The van der Waals surface area contributed by atoms with Crippen LogP contribution < -0.4 is 4.72 Å². The van der Waals surface area contributed by atoms with Gasteiger partial charge in [0, 0.05) is 37.8 Å². The molecule has 0 atom stereocenters. The maximum atomic E-state index is 13.3. The molecule has 6 nitrogen and oxygen atoms in total. The Bertz CT molecular complexity index is 958. The van der Waals surface area contributed by atoms with Gasteiger partial charge >= 0.3 is 0 Å². The second-order valence-electron chi connectivity index (χ2n) is 6.36. The first-order valence-corrected chi connectivity index (χ1v) is 9.80. The Kier molecular flexibility index (Phi) is 5.43. The number of halogens is 2. The maximum absolute atomic E-state index is 13.3. The van der Waals surface area contributed by atoms with Crippen LogP contribution in [0.1, 0.15) is 10.4 Å². The van der Waals surface area contributed by atoms with Crippen molar-refractivity contribution in [1.29, 1.82) is 0 Å². The van der Waals surface area contributed by atoms with E-state index in [1.807, 2.05) is 7.05 Å². The highest BCUT2D eigenvalue weighted by Crippen LogP contribution is 2.20. The van der Waals surface area contributed by atoms with Crippen LogP contribution in [0.4, 0.5) is 14.5 Å². The lowest BCUT2D eigenvalue weighted by Gasteiger charge is -2.32. The van der Waals surface area contributed by atoms with Gasteiger partial charge in [0.2, 0.25) is 0 Å². The summed E-state index contributed by atoms with van der Waals surface area (Å²) in [6.07, 6.45) is 0. The van der Waals surface area contributed by atoms with Gasteiger partial charge in [-0.2, -0.15) is 0 Å². The zero-order valence-electron chi connectivity index (χ0n) is 14.7. The number of carbonyl (C=O) groups is 1. The fraction of sp³-hybridized carbons (Fsp3) is 0.278. The number of piperazine rings is 1. The van der Waals surface area contributed by atoms with Crippen molar-refractivity contribution in [2.45, 2.75) is 4.90 Å². The van der Waals surface area contributed by atoms with Crippen LogP contribution in [-0.4, -0.2) is 57.4 Å². The molecule has 144 valence electrons. The molecule has 0 radical (unpaired) electrons. The molecule has 0 aliphatic carbocycles. The van der Waals surface area contributed by atoms with Crippen LogP contribution in [-0.2, 0) is 10.0 Å². The van der Waals surface area contributed by atoms with Gasteiger partial charge < -0.3 is 9.80 Å². The van der Waals surface area contributed by atoms with Crippen LogP contribution in [0, 0.1) is 11.6 Å². The Morgan fingerprint density at radius 1 is 1.00 bits per heavy atom. The maximum Gasteiger partial charge on any atom is 0.261 e. The van der Waals surface area contributed by atoms with Crippen molar-refractivity contribution in [2.24, 2.45) is 0 Å². The van der Waals surface area contributed by atoms with Crippen LogP contribution in [0.5, 0.6) is 0 Å². The summed E-state index contributed by atoms with van der Waals surface area (Å²) < 4.78 is 53.6. The lowest BCUT2D eigenvalue weighted by Crippen LogP contribution is -2.47. The van der Waals surface area contributed by atoms with Gasteiger partial charge in [0.05, 0.1) is 10.6 Å². The molecule has 0 aromatic heterocycles. The van der Waals surface area contributed by atoms with E-state index in [4.69, 9.17) is 0 Å². The SMILES string of the molecule is CN1CCN(C(=O)c2cccc(S(=O)(=O)Nc3ccc(F)c(F)c3)c2)CC1. The number of carbonyl (C=O) groups excluding carboxylic acids is 1. The standard InChI is InChI=1S/C18H19F2N3O3S/c1-22-7-9-23(10-8-22)18(24)13-3-2-4-15(11-13)27(25,26)21-14-5-6-16(19)17(20)12-14/h2-6,11-12,21H,7-10H2,1H3. The first-order chi connectivity index (χ1) is 12.8. The Labute approximate surface area is 156 Å². The molecule has 3 rings (SSSR count). The Hall–Kier alpha value is -2.52. The molecule has 27 heavy (non-hydrogen) atoms. The van der Waals surface area contributed by atoms with Crippen LogP contribution in [0.15, 0.2) is 47.4 Å². The Balaban J connectivity index is 1.81. The molecule has 0 saturated carbocycles. The number of hydrogen-bond donors (Lipinski definition) is 1. The van der Waals surface area contributed by atoms with Gasteiger partial charge in [-0.3, -0.25) is 9.52 Å². The second kappa shape index (κ2) is 7.61. The first-order valence-electron chi connectivity index (χ1n) is 8.32. The minimum absolute atomic E-state index is 0.107. The van der Waals surface area contributed by atoms with Gasteiger partial charge in [-0.1, -0.05) is 6.07 Å². The van der Waals surface area contributed by atoms with Gasteiger partial charge in [0.1, 0.15) is 0 Å². The van der Waals surface area contributed by atoms with Crippen LogP contribution >= 0.6 is 0 Å². The minimum atomic E-state index is -4.06. The summed E-state index contributed by atoms with van der Waals surface area (Å²) in [4.78, 5) is 16.3. The van der Waals surface area contributed by atoms with Crippen molar-refractivity contribution in [2.75, 3.05) is 37.9 Å². The van der Waals surface area contributed by atoms with E-state index in [-0.39, 0.29) is 22.1 Å². The molecular formula is C18H19F2N3O3S. The van der Waals surface area contributed by atoms with Crippen molar-refractivity contribution in [1.82, 2.24) is 9.80 Å². The molecule has 0 unspecified atom stereocenters. The average molecular weight is 395 g/mol. The second-order valence-corrected chi connectivity index (χ2v) is 8.04. The molecule has 1 aliphatic rings. The van der Waals surface area contributed by atoms with Crippen molar-refractivity contribution >= 4 is 21.6 Å². The van der Waals surface area contributed by atoms with Gasteiger partial charge in [-0.15, -0.1) is 0 Å². The first kappa shape index (κ1) is 19.2. The molecule has 0 bridgehead atoms. The largest absolute Gasteiger partial charge is 0.336 e. The lowest BCUT2D eigenvalue weighted by atomic mass is 10.2. The van der Waals surface area contributed by atoms with Gasteiger partial charge in [0.15, 0.2) is 11.6 Å². The molecule has 1 heterocycles. The van der Waals surface area contributed by atoms with Crippen LogP contribution in [0.2, 0.25) is 0 Å². The van der Waals surface area contributed by atoms with Gasteiger partial charge in [-0.25, -0.2) is 17.2 Å². The molecule has 2 aromatic rings. The third-order valence-electron chi connectivity index (χ3n) is 4.35. The molecular weight excluding hydrogens is 376 g/mol. The normalized spacial score (nSPS) is 15.6. The molecule has 9 heteroatoms. The summed E-state index contributed by atoms with van der Waals surface area (Å²) in [5.41, 5.74) is 0.150. The summed E-state index contributed by atoms with van der Waals surface area (Å²) >= 11 is 0. The van der Waals surface area contributed by atoms with Crippen LogP contribution in [0.3, 0.4) is 0 Å². The fourth-order valence-corrected chi connectivity index (χ4v) is 3.86. The molecule has 2 aromatic carbocycles. The summed E-state index contributed by atoms with van der Waals surface area (Å²) in [6.45, 7) is 2.64. The number of benzene rings is 2. The Morgan fingerprint density at radius 3 is 2.37 bits per heavy atom. The summed E-state index contributed by atoms with van der Waals surface area (Å²) in [5.74, 6) is -2.47. The third-order valence-corrected chi connectivity index (χ3v) is 5.73. The van der Waals surface area contributed by atoms with Crippen molar-refractivity contribution in [3.63, 3.8) is 0 Å². The topological polar surface area (TPSA) is 69.7 Å². The Morgan fingerprint density at radius 2 is 1.70 bits per heavy atom. The summed E-state index contributed by atoms with van der Waals surface area (Å²) in [5, 5.41) is 0. The third kappa shape index (κ3) is 4.42. The smallest absolute Gasteiger partial charge is 0.261 e. The predicted octanol–water partition coefficient (Wildman–Crippen LogP) is 2.15. The number of nitrogens with one attached hydrogen (secondary N) is 1. The molecule has 1 amide bonds. The van der Waals surface area contributed by atoms with E-state index in [2.05, 4.69) is 9.62 Å². The number of sulfonamides is 1. The number of likely N-dealkylation sites (N-methyl/N-ethyl adjacent to an activating group) is 1. The van der Waals surface area contributed by atoms with E-state index in [9.17, 15) is 22.0 Å². The van der Waals surface area contributed by atoms with E-state index in [1.54, 1.807) is 11.0 Å². The summed E-state index contributed by atoms with van der Waals surface area (Å²) in [6, 6.07) is 8.36. The van der Waals surface area contributed by atoms with Crippen LogP contribution in [0.25, 0.3) is 0 Å². The number of amides is 1. The number of rotatable bonds is 4. The number of anilines is 1. The molecule has 1 saturated heterocycles. The number of nitrogens with zero attached hydrogens (tertiary/aromatic N) is 2. The zero-order chi connectivity index (χ0) is 19.6. The summed E-state index contributed by atoms with van der Waals surface area (Å²) in [7, 11) is -2.09. The monoisotopic (exact) mass is 395 g/mol. The van der Waals surface area contributed by atoms with Gasteiger partial charge in [-0.05, 0) is 37.4 Å². The zero-order valence-corrected chi connectivity index (χ0v) is 15.5. The average Bonchev–Trinajstić information content (AvgIpc) is 2.65. The van der Waals surface area contributed by atoms with E-state index in [0.717, 1.165) is 31.3 Å². The molecule has 1 fully saturated rings. The minimum Gasteiger partial charge on any atom is -0.336 e. The predicted molar refractivity (Wildman–Crippen MR) is 97.0 cm³/mol. The lowest BCUT2D eigenvalue weighted by molar-refractivity contribution is 0.0664. The van der Waals surface area contributed by atoms with Crippen molar-refractivity contribution in [3.8, 4) is 0 Å². The fourth-order valence-electron chi connectivity index (χ4n) is 2.76. The van der Waals surface area contributed by atoms with E-state index < -0.39 is 21.7 Å². The van der Waals surface area contributed by atoms with Gasteiger partial charge in [0.25, 0.3) is 15.9 Å².